The highest BCUT2D eigenvalue weighted by Gasteiger charge is 2.41. The van der Waals surface area contributed by atoms with Crippen molar-refractivity contribution in [2.24, 2.45) is 0 Å². The molecule has 3 N–H and O–H groups in total. The standard InChI is InChI=1S/C58H123N9O21Si5/c1-17-18-39-62(40-31-48-89(74-2,75-3)76-4)53(68)59-36-25-19-22-28-45-65-56(71)66(46-29-23-20-26-37-60-54(69)63(41-32-49-90(77-5,78-6)79-7)42-33-50-91(80-8,81-9)82-10)58(73)67(57(65)72)47-30-24-21-27-38-61-55(70)64(43-34-51-92(83-11,84-12)85-13)44-35-52-93(86-14,87-15)88-16/h17-52H2,1-16H3,(H,59,68)(H,60,69)(H,61,70). The van der Waals surface area contributed by atoms with Gasteiger partial charge in [0.2, 0.25) is 0 Å². The number of amides is 6. The van der Waals surface area contributed by atoms with E-state index >= 15 is 0 Å². The second-order valence-electron chi connectivity index (χ2n) is 22.6. The van der Waals surface area contributed by atoms with E-state index in [0.29, 0.717) is 192 Å². The van der Waals surface area contributed by atoms with Crippen LogP contribution in [0.15, 0.2) is 14.4 Å². The molecule has 0 saturated carbocycles. The molecule has 0 fully saturated rings. The molecule has 0 aliphatic carbocycles. The van der Waals surface area contributed by atoms with Gasteiger partial charge in [0, 0.05) is 215 Å². The van der Waals surface area contributed by atoms with Crippen LogP contribution in [0.3, 0.4) is 0 Å². The van der Waals surface area contributed by atoms with E-state index in [2.05, 4.69) is 22.9 Å². The third-order valence-corrected chi connectivity index (χ3v) is 31.2. The third kappa shape index (κ3) is 31.0. The van der Waals surface area contributed by atoms with Crippen molar-refractivity contribution in [3.05, 3.63) is 31.5 Å². The van der Waals surface area contributed by atoms with Crippen molar-refractivity contribution >= 4 is 62.1 Å². The maximum Gasteiger partial charge on any atom is 0.500 e. The Balaban J connectivity index is 3.18. The number of carbonyl (C=O) groups excluding carboxylic acids is 3. The second-order valence-corrected chi connectivity index (χ2v) is 38.0. The molecule has 0 bridgehead atoms. The summed E-state index contributed by atoms with van der Waals surface area (Å²) in [6.45, 7) is 6.63. The Labute approximate surface area is 560 Å². The average Bonchev–Trinajstić information content (AvgIpc) is 0.826. The number of nitrogens with zero attached hydrogens (tertiary/aromatic N) is 6. The lowest BCUT2D eigenvalue weighted by Crippen LogP contribution is -2.54. The molecular formula is C58H123N9O21Si5. The van der Waals surface area contributed by atoms with E-state index in [0.717, 1.165) is 19.3 Å². The number of carbonyl (C=O) groups is 3. The zero-order valence-corrected chi connectivity index (χ0v) is 64.7. The third-order valence-electron chi connectivity index (χ3n) is 17.0. The van der Waals surface area contributed by atoms with E-state index in [-0.39, 0.29) is 37.7 Å². The number of hydrogen-bond donors (Lipinski definition) is 3. The molecule has 1 heterocycles. The lowest BCUT2D eigenvalue weighted by atomic mass is 10.2. The first-order valence-corrected chi connectivity index (χ1v) is 42.7. The fraction of sp³-hybridized carbons (Fsp3) is 0.897. The lowest BCUT2D eigenvalue weighted by Gasteiger charge is -2.28. The number of hydrogen-bond acceptors (Lipinski definition) is 21. The van der Waals surface area contributed by atoms with Crippen molar-refractivity contribution in [2.45, 2.75) is 179 Å². The molecule has 0 unspecified atom stereocenters. The second kappa shape index (κ2) is 50.1. The van der Waals surface area contributed by atoms with Crippen LogP contribution in [0, 0.1) is 0 Å². The summed E-state index contributed by atoms with van der Waals surface area (Å²) in [6.07, 6.45) is 12.5. The molecule has 1 rings (SSSR count). The molecule has 35 heteroatoms. The summed E-state index contributed by atoms with van der Waals surface area (Å²) in [4.78, 5) is 88.2. The quantitative estimate of drug-likeness (QED) is 0.0495. The zero-order chi connectivity index (χ0) is 69.6. The molecule has 0 spiro atoms. The van der Waals surface area contributed by atoms with Crippen molar-refractivity contribution < 1.29 is 80.8 Å². The van der Waals surface area contributed by atoms with Gasteiger partial charge >= 0.3 is 79.2 Å². The van der Waals surface area contributed by atoms with Gasteiger partial charge in [-0.05, 0) is 77.0 Å². The Morgan fingerprint density at radius 2 is 0.473 bits per heavy atom. The zero-order valence-electron chi connectivity index (χ0n) is 59.7. The monoisotopic (exact) mass is 1420 g/mol. The SMILES string of the molecule is CCCCN(CCC[Si](OC)(OC)OC)C(=O)NCCCCCCn1c(=O)n(CCCCCCNC(=O)N(CCC[Si](OC)(OC)OC)CCC[Si](OC)(OC)OC)c(=O)n(CCCCCCNC(=O)N(CCC[Si](OC)(OC)OC)CCC[Si](OC)(OC)OC)c1=O. The van der Waals surface area contributed by atoms with Gasteiger partial charge in [0.05, 0.1) is 0 Å². The number of rotatable bonds is 59. The van der Waals surface area contributed by atoms with Crippen LogP contribution in [0.5, 0.6) is 0 Å². The summed E-state index contributed by atoms with van der Waals surface area (Å²) in [7, 11) is 9.25. The summed E-state index contributed by atoms with van der Waals surface area (Å²) in [5, 5.41) is 9.18. The minimum atomic E-state index is -2.86. The van der Waals surface area contributed by atoms with E-state index in [1.165, 1.54) is 13.7 Å². The smallest absolute Gasteiger partial charge is 0.377 e. The van der Waals surface area contributed by atoms with Crippen LogP contribution in [0.2, 0.25) is 30.2 Å². The molecular weight excluding hydrogens is 1300 g/mol. The molecule has 546 valence electrons. The molecule has 0 aromatic carbocycles. The Morgan fingerprint density at radius 3 is 0.656 bits per heavy atom. The first-order chi connectivity index (χ1) is 44.7. The predicted octanol–water partition coefficient (Wildman–Crippen LogP) is 6.03. The van der Waals surface area contributed by atoms with Gasteiger partial charge in [0.25, 0.3) is 0 Å². The normalized spacial score (nSPS) is 12.4. The molecule has 30 nitrogen and oxygen atoms in total. The highest BCUT2D eigenvalue weighted by molar-refractivity contribution is 6.62. The Morgan fingerprint density at radius 1 is 0.290 bits per heavy atom. The van der Waals surface area contributed by atoms with E-state index in [1.54, 1.807) is 116 Å². The fourth-order valence-corrected chi connectivity index (χ4v) is 19.4. The van der Waals surface area contributed by atoms with E-state index in [9.17, 15) is 28.8 Å². The van der Waals surface area contributed by atoms with Gasteiger partial charge in [-0.2, -0.15) is 0 Å². The number of aromatic nitrogens is 3. The fourth-order valence-electron chi connectivity index (χ4n) is 10.9. The van der Waals surface area contributed by atoms with Crippen LogP contribution in [-0.4, -0.2) is 256 Å². The molecule has 93 heavy (non-hydrogen) atoms. The van der Waals surface area contributed by atoms with Gasteiger partial charge in [-0.3, -0.25) is 0 Å². The van der Waals surface area contributed by atoms with Gasteiger partial charge in [-0.15, -0.1) is 0 Å². The molecule has 0 saturated heterocycles. The molecule has 1 aromatic rings. The van der Waals surface area contributed by atoms with Gasteiger partial charge in [0.15, 0.2) is 0 Å². The predicted molar refractivity (Wildman–Crippen MR) is 365 cm³/mol. The van der Waals surface area contributed by atoms with Crippen LogP contribution in [0.4, 0.5) is 14.4 Å². The Bertz CT molecular complexity index is 2120. The molecule has 0 aliphatic rings. The van der Waals surface area contributed by atoms with E-state index < -0.39 is 61.1 Å². The number of nitrogens with one attached hydrogen (secondary N) is 3. The van der Waals surface area contributed by atoms with Crippen molar-refractivity contribution in [1.82, 2.24) is 44.4 Å². The minimum absolute atomic E-state index is 0.115. The van der Waals surface area contributed by atoms with Gasteiger partial charge in [-0.25, -0.2) is 42.5 Å². The van der Waals surface area contributed by atoms with E-state index in [1.807, 2.05) is 4.90 Å². The molecule has 0 aliphatic heterocycles. The van der Waals surface area contributed by atoms with Crippen LogP contribution in [0.1, 0.15) is 129 Å². The van der Waals surface area contributed by atoms with Crippen molar-refractivity contribution in [3.8, 4) is 0 Å². The summed E-state index contributed by atoms with van der Waals surface area (Å²) in [5.41, 5.74) is -1.93. The van der Waals surface area contributed by atoms with E-state index in [4.69, 9.17) is 66.4 Å². The maximum atomic E-state index is 14.1. The lowest BCUT2D eigenvalue weighted by molar-refractivity contribution is 0.119. The van der Waals surface area contributed by atoms with Crippen LogP contribution >= 0.6 is 0 Å². The first kappa shape index (κ1) is 87.7. The number of unbranched alkanes of at least 4 members (excludes halogenated alkanes) is 10. The summed E-state index contributed by atoms with van der Waals surface area (Å²) < 4.78 is 87.5. The average molecular weight is 1420 g/mol. The largest absolute Gasteiger partial charge is 0.500 e. The highest BCUT2D eigenvalue weighted by Crippen LogP contribution is 2.21. The Hall–Kier alpha value is -3.30. The van der Waals surface area contributed by atoms with Crippen molar-refractivity contribution in [3.63, 3.8) is 0 Å². The topological polar surface area (TPSA) is 301 Å². The van der Waals surface area contributed by atoms with Crippen LogP contribution < -0.4 is 33.0 Å². The molecule has 1 aromatic heterocycles. The van der Waals surface area contributed by atoms with Gasteiger partial charge in [0.1, 0.15) is 0 Å². The van der Waals surface area contributed by atoms with Crippen molar-refractivity contribution in [2.75, 3.05) is 166 Å². The van der Waals surface area contributed by atoms with Gasteiger partial charge in [-0.1, -0.05) is 51.9 Å². The van der Waals surface area contributed by atoms with Crippen LogP contribution in [-0.2, 0) is 86.0 Å². The minimum Gasteiger partial charge on any atom is -0.377 e. The highest BCUT2D eigenvalue weighted by atomic mass is 28.4. The Kier molecular flexibility index (Phi) is 47.3. The summed E-state index contributed by atoms with van der Waals surface area (Å²) >= 11 is 0. The summed E-state index contributed by atoms with van der Waals surface area (Å²) in [5.74, 6) is 0. The van der Waals surface area contributed by atoms with Crippen LogP contribution in [0.25, 0.3) is 0 Å². The summed E-state index contributed by atoms with van der Waals surface area (Å²) in [6, 6.07) is 2.09. The van der Waals surface area contributed by atoms with Crippen molar-refractivity contribution in [1.29, 1.82) is 0 Å². The maximum absolute atomic E-state index is 14.1. The van der Waals surface area contributed by atoms with Gasteiger partial charge < -0.3 is 97.0 Å². The first-order valence-electron chi connectivity index (χ1n) is 33.1. The molecule has 6 amide bonds. The molecule has 0 radical (unpaired) electrons. The number of urea groups is 3. The molecule has 0 atom stereocenters.